The molecular formula is C14H18FN3O3. The molecule has 2 N–H and O–H groups in total. The number of rotatable bonds is 4. The maximum absolute atomic E-state index is 13.1. The van der Waals surface area contributed by atoms with Crippen molar-refractivity contribution in [1.82, 2.24) is 5.32 Å². The monoisotopic (exact) mass is 295 g/mol. The highest BCUT2D eigenvalue weighted by atomic mass is 19.1. The first-order valence-electron chi connectivity index (χ1n) is 6.94. The van der Waals surface area contributed by atoms with E-state index >= 15 is 0 Å². The van der Waals surface area contributed by atoms with Gasteiger partial charge in [0.25, 0.3) is 5.69 Å². The second-order valence-corrected chi connectivity index (χ2v) is 5.26. The number of anilines is 1. The van der Waals surface area contributed by atoms with E-state index in [4.69, 9.17) is 0 Å². The Morgan fingerprint density at radius 2 is 2.14 bits per heavy atom. The van der Waals surface area contributed by atoms with Gasteiger partial charge >= 0.3 is 0 Å². The molecule has 1 saturated heterocycles. The SMILES string of the molecule is CCC1(C(=O)Nc2ccc(F)cc2[N+](=O)[O-])CCNCC1. The zero-order valence-corrected chi connectivity index (χ0v) is 11.8. The van der Waals surface area contributed by atoms with Crippen LogP contribution in [0.5, 0.6) is 0 Å². The van der Waals surface area contributed by atoms with Gasteiger partial charge in [-0.15, -0.1) is 0 Å². The fourth-order valence-electron chi connectivity index (χ4n) is 2.66. The lowest BCUT2D eigenvalue weighted by Gasteiger charge is -2.35. The minimum absolute atomic E-state index is 0.0396. The maximum atomic E-state index is 13.1. The minimum atomic E-state index is -0.702. The lowest BCUT2D eigenvalue weighted by atomic mass is 9.76. The number of carbonyl (C=O) groups excluding carboxylic acids is 1. The van der Waals surface area contributed by atoms with Gasteiger partial charge < -0.3 is 10.6 Å². The Labute approximate surface area is 121 Å². The van der Waals surface area contributed by atoms with Crippen LogP contribution in [0.2, 0.25) is 0 Å². The van der Waals surface area contributed by atoms with Gasteiger partial charge in [-0.1, -0.05) is 6.92 Å². The van der Waals surface area contributed by atoms with Crippen LogP contribution in [-0.4, -0.2) is 23.9 Å². The molecule has 1 aromatic rings. The third-order valence-electron chi connectivity index (χ3n) is 4.12. The number of hydrogen-bond donors (Lipinski definition) is 2. The van der Waals surface area contributed by atoms with E-state index in [1.54, 1.807) is 0 Å². The molecule has 2 rings (SSSR count). The van der Waals surface area contributed by atoms with E-state index in [0.29, 0.717) is 19.3 Å². The van der Waals surface area contributed by atoms with Crippen molar-refractivity contribution in [3.8, 4) is 0 Å². The molecule has 114 valence electrons. The quantitative estimate of drug-likeness (QED) is 0.660. The summed E-state index contributed by atoms with van der Waals surface area (Å²) in [5, 5.41) is 16.8. The predicted molar refractivity (Wildman–Crippen MR) is 76.5 cm³/mol. The zero-order chi connectivity index (χ0) is 15.5. The summed E-state index contributed by atoms with van der Waals surface area (Å²) in [5.41, 5.74) is -0.908. The van der Waals surface area contributed by atoms with Gasteiger partial charge in [-0.2, -0.15) is 0 Å². The third kappa shape index (κ3) is 3.18. The van der Waals surface area contributed by atoms with Gasteiger partial charge in [0.05, 0.1) is 16.4 Å². The average molecular weight is 295 g/mol. The molecule has 1 aliphatic rings. The van der Waals surface area contributed by atoms with E-state index < -0.39 is 21.8 Å². The largest absolute Gasteiger partial charge is 0.320 e. The Bertz CT molecular complexity index is 556. The van der Waals surface area contributed by atoms with Gasteiger partial charge in [-0.25, -0.2) is 4.39 Å². The summed E-state index contributed by atoms with van der Waals surface area (Å²) in [7, 11) is 0. The molecule has 6 nitrogen and oxygen atoms in total. The fourth-order valence-corrected chi connectivity index (χ4v) is 2.66. The number of nitro groups is 1. The summed E-state index contributed by atoms with van der Waals surface area (Å²) in [6.07, 6.45) is 2.03. The lowest BCUT2D eigenvalue weighted by molar-refractivity contribution is -0.384. The molecule has 0 unspecified atom stereocenters. The van der Waals surface area contributed by atoms with Crippen molar-refractivity contribution in [3.63, 3.8) is 0 Å². The predicted octanol–water partition coefficient (Wildman–Crippen LogP) is 2.45. The topological polar surface area (TPSA) is 84.3 Å². The summed E-state index contributed by atoms with van der Waals surface area (Å²) >= 11 is 0. The van der Waals surface area contributed by atoms with Crippen molar-refractivity contribution in [2.75, 3.05) is 18.4 Å². The van der Waals surface area contributed by atoms with E-state index in [1.165, 1.54) is 6.07 Å². The minimum Gasteiger partial charge on any atom is -0.320 e. The van der Waals surface area contributed by atoms with Crippen LogP contribution in [0.1, 0.15) is 26.2 Å². The first-order chi connectivity index (χ1) is 9.98. The number of nitro benzene ring substituents is 1. The second-order valence-electron chi connectivity index (χ2n) is 5.26. The highest BCUT2D eigenvalue weighted by Gasteiger charge is 2.38. The maximum Gasteiger partial charge on any atom is 0.295 e. The molecule has 0 aromatic heterocycles. The van der Waals surface area contributed by atoms with Crippen LogP contribution in [0.25, 0.3) is 0 Å². The number of hydrogen-bond acceptors (Lipinski definition) is 4. The Morgan fingerprint density at radius 3 is 2.71 bits per heavy atom. The van der Waals surface area contributed by atoms with E-state index in [-0.39, 0.29) is 11.6 Å². The second kappa shape index (κ2) is 6.17. The zero-order valence-electron chi connectivity index (χ0n) is 11.8. The first-order valence-corrected chi connectivity index (χ1v) is 6.94. The van der Waals surface area contributed by atoms with E-state index in [1.807, 2.05) is 6.92 Å². The van der Waals surface area contributed by atoms with Crippen molar-refractivity contribution in [3.05, 3.63) is 34.1 Å². The van der Waals surface area contributed by atoms with Crippen molar-refractivity contribution < 1.29 is 14.1 Å². The number of amides is 1. The van der Waals surface area contributed by atoms with Crippen molar-refractivity contribution in [2.24, 2.45) is 5.41 Å². The van der Waals surface area contributed by atoms with Gasteiger partial charge in [0.2, 0.25) is 5.91 Å². The highest BCUT2D eigenvalue weighted by Crippen LogP contribution is 2.35. The molecule has 1 amide bonds. The van der Waals surface area contributed by atoms with Crippen molar-refractivity contribution in [2.45, 2.75) is 26.2 Å². The van der Waals surface area contributed by atoms with Crippen LogP contribution in [0.3, 0.4) is 0 Å². The van der Waals surface area contributed by atoms with E-state index in [0.717, 1.165) is 25.2 Å². The van der Waals surface area contributed by atoms with E-state index in [9.17, 15) is 19.3 Å². The molecule has 21 heavy (non-hydrogen) atoms. The van der Waals surface area contributed by atoms with Crippen LogP contribution in [-0.2, 0) is 4.79 Å². The molecule has 0 saturated carbocycles. The van der Waals surface area contributed by atoms with Crippen molar-refractivity contribution >= 4 is 17.3 Å². The number of carbonyl (C=O) groups is 1. The van der Waals surface area contributed by atoms with Gasteiger partial charge in [-0.3, -0.25) is 14.9 Å². The van der Waals surface area contributed by atoms with Crippen LogP contribution < -0.4 is 10.6 Å². The van der Waals surface area contributed by atoms with Crippen molar-refractivity contribution in [1.29, 1.82) is 0 Å². The van der Waals surface area contributed by atoms with Crippen LogP contribution in [0.4, 0.5) is 15.8 Å². The highest BCUT2D eigenvalue weighted by molar-refractivity contribution is 5.97. The summed E-state index contributed by atoms with van der Waals surface area (Å²) in [4.78, 5) is 22.8. The number of benzene rings is 1. The molecule has 1 heterocycles. The lowest BCUT2D eigenvalue weighted by Crippen LogP contribution is -2.44. The molecule has 0 bridgehead atoms. The smallest absolute Gasteiger partial charge is 0.295 e. The Kier molecular flexibility index (Phi) is 4.52. The van der Waals surface area contributed by atoms with Gasteiger partial charge in [-0.05, 0) is 44.5 Å². The molecule has 0 aliphatic carbocycles. The number of nitrogens with one attached hydrogen (secondary N) is 2. The summed E-state index contributed by atoms with van der Waals surface area (Å²) in [5.74, 6) is -0.937. The number of piperidine rings is 1. The molecule has 7 heteroatoms. The average Bonchev–Trinajstić information content (AvgIpc) is 2.49. The fraction of sp³-hybridized carbons (Fsp3) is 0.500. The van der Waals surface area contributed by atoms with Gasteiger partial charge in [0.15, 0.2) is 0 Å². The molecule has 0 radical (unpaired) electrons. The first kappa shape index (κ1) is 15.4. The normalized spacial score (nSPS) is 17.2. The summed E-state index contributed by atoms with van der Waals surface area (Å²) in [6.45, 7) is 3.42. The molecule has 1 fully saturated rings. The van der Waals surface area contributed by atoms with Gasteiger partial charge in [0, 0.05) is 0 Å². The molecule has 0 atom stereocenters. The Morgan fingerprint density at radius 1 is 1.48 bits per heavy atom. The Hall–Kier alpha value is -2.02. The Balaban J connectivity index is 2.24. The van der Waals surface area contributed by atoms with Gasteiger partial charge in [0.1, 0.15) is 11.5 Å². The van der Waals surface area contributed by atoms with E-state index in [2.05, 4.69) is 10.6 Å². The third-order valence-corrected chi connectivity index (χ3v) is 4.12. The van der Waals surface area contributed by atoms with Crippen LogP contribution in [0.15, 0.2) is 18.2 Å². The summed E-state index contributed by atoms with van der Waals surface area (Å²) in [6, 6.07) is 3.15. The number of halogens is 1. The molecule has 0 spiro atoms. The van der Waals surface area contributed by atoms with Crippen LogP contribution >= 0.6 is 0 Å². The molecule has 1 aromatic carbocycles. The standard InChI is InChI=1S/C14H18FN3O3/c1-2-14(5-7-16-8-6-14)13(19)17-11-4-3-10(15)9-12(11)18(20)21/h3-4,9,16H,2,5-8H2,1H3,(H,17,19). The van der Waals surface area contributed by atoms with Crippen LogP contribution in [0, 0.1) is 21.3 Å². The number of nitrogens with zero attached hydrogens (tertiary/aromatic N) is 1. The summed E-state index contributed by atoms with van der Waals surface area (Å²) < 4.78 is 13.1. The molecular weight excluding hydrogens is 277 g/mol. The molecule has 1 aliphatic heterocycles.